The molecule has 2 aromatic rings. The number of fused-ring (bicyclic) bond motifs is 1. The first-order chi connectivity index (χ1) is 8.72. The van der Waals surface area contributed by atoms with Crippen molar-refractivity contribution in [2.75, 3.05) is 0 Å². The number of hydrogen-bond donors (Lipinski definition) is 2. The average Bonchev–Trinajstić information content (AvgIpc) is 2.79. The van der Waals surface area contributed by atoms with Gasteiger partial charge in [-0.25, -0.2) is 9.68 Å². The van der Waals surface area contributed by atoms with Crippen molar-refractivity contribution in [3.8, 4) is 0 Å². The van der Waals surface area contributed by atoms with E-state index < -0.39 is 12.0 Å². The van der Waals surface area contributed by atoms with E-state index >= 15 is 0 Å². The molecule has 0 spiro atoms. The highest BCUT2D eigenvalue weighted by molar-refractivity contribution is 5.84. The Morgan fingerprint density at radius 1 is 1.44 bits per heavy atom. The minimum atomic E-state index is -0.885. The van der Waals surface area contributed by atoms with Crippen molar-refractivity contribution in [2.45, 2.75) is 12.5 Å². The molecule has 0 aliphatic rings. The first-order valence-electron chi connectivity index (χ1n) is 5.33. The summed E-state index contributed by atoms with van der Waals surface area (Å²) >= 11 is 0. The van der Waals surface area contributed by atoms with Crippen molar-refractivity contribution in [2.24, 2.45) is 5.73 Å². The molecule has 2 rings (SSSR count). The minimum Gasteiger partial charge on any atom is -0.361 e. The highest BCUT2D eigenvalue weighted by atomic mass is 17.2. The molecule has 0 aliphatic carbocycles. The second kappa shape index (κ2) is 5.33. The van der Waals surface area contributed by atoms with E-state index in [1.54, 1.807) is 6.20 Å². The third-order valence-corrected chi connectivity index (χ3v) is 2.59. The number of aromatic nitrogens is 1. The topological polar surface area (TPSA) is 94.4 Å². The minimum absolute atomic E-state index is 0.0241. The molecule has 3 N–H and O–H groups in total. The largest absolute Gasteiger partial charge is 0.372 e. The van der Waals surface area contributed by atoms with Gasteiger partial charge in [-0.15, -0.1) is 0 Å². The molecule has 0 saturated carbocycles. The van der Waals surface area contributed by atoms with Gasteiger partial charge in [-0.2, -0.15) is 0 Å². The molecule has 1 unspecified atom stereocenters. The van der Waals surface area contributed by atoms with Crippen LogP contribution in [0.15, 0.2) is 30.5 Å². The molecule has 0 bridgehead atoms. The zero-order valence-electron chi connectivity index (χ0n) is 9.46. The molecule has 18 heavy (non-hydrogen) atoms. The standard InChI is InChI=1S/C12H12N2O4/c13-10(12(16)18-17-7-15)5-8-6-14-11-4-2-1-3-9(8)11/h1-4,6-7,10,14H,5,13H2. The third kappa shape index (κ3) is 2.49. The van der Waals surface area contributed by atoms with Gasteiger partial charge >= 0.3 is 12.4 Å². The van der Waals surface area contributed by atoms with Crippen LogP contribution in [0.25, 0.3) is 10.9 Å². The van der Waals surface area contributed by atoms with Crippen LogP contribution in [0.4, 0.5) is 0 Å². The lowest BCUT2D eigenvalue weighted by atomic mass is 10.1. The van der Waals surface area contributed by atoms with E-state index in [-0.39, 0.29) is 6.47 Å². The molecule has 0 fully saturated rings. The van der Waals surface area contributed by atoms with Crippen molar-refractivity contribution in [3.05, 3.63) is 36.0 Å². The molecule has 6 nitrogen and oxygen atoms in total. The highest BCUT2D eigenvalue weighted by Crippen LogP contribution is 2.18. The quantitative estimate of drug-likeness (QED) is 0.460. The molecule has 0 amide bonds. The third-order valence-electron chi connectivity index (χ3n) is 2.59. The second-order valence-corrected chi connectivity index (χ2v) is 3.76. The van der Waals surface area contributed by atoms with Gasteiger partial charge in [0.2, 0.25) is 0 Å². The van der Waals surface area contributed by atoms with Crippen LogP contribution in [0.1, 0.15) is 5.56 Å². The zero-order valence-corrected chi connectivity index (χ0v) is 9.46. The molecular formula is C12H12N2O4. The van der Waals surface area contributed by atoms with E-state index in [4.69, 9.17) is 5.73 Å². The van der Waals surface area contributed by atoms with Gasteiger partial charge in [-0.1, -0.05) is 18.2 Å². The van der Waals surface area contributed by atoms with Crippen LogP contribution in [0.5, 0.6) is 0 Å². The van der Waals surface area contributed by atoms with Gasteiger partial charge in [0.15, 0.2) is 0 Å². The summed E-state index contributed by atoms with van der Waals surface area (Å²) in [7, 11) is 0. The maximum absolute atomic E-state index is 11.3. The Kier molecular flexibility index (Phi) is 3.59. The monoisotopic (exact) mass is 248 g/mol. The summed E-state index contributed by atoms with van der Waals surface area (Å²) in [5.41, 5.74) is 7.53. The number of para-hydroxylation sites is 1. The molecule has 1 aromatic heterocycles. The number of hydrogen-bond acceptors (Lipinski definition) is 5. The predicted octanol–water partition coefficient (Wildman–Crippen LogP) is 0.669. The van der Waals surface area contributed by atoms with Gasteiger partial charge in [0.25, 0.3) is 0 Å². The molecule has 0 saturated heterocycles. The molecule has 94 valence electrons. The normalized spacial score (nSPS) is 12.1. The maximum atomic E-state index is 11.3. The van der Waals surface area contributed by atoms with E-state index in [2.05, 4.69) is 14.8 Å². The summed E-state index contributed by atoms with van der Waals surface area (Å²) in [4.78, 5) is 32.4. The first-order valence-corrected chi connectivity index (χ1v) is 5.33. The average molecular weight is 248 g/mol. The molecule has 0 radical (unpaired) electrons. The lowest BCUT2D eigenvalue weighted by Gasteiger charge is -2.07. The predicted molar refractivity (Wildman–Crippen MR) is 63.2 cm³/mol. The highest BCUT2D eigenvalue weighted by Gasteiger charge is 2.18. The Hall–Kier alpha value is -2.34. The summed E-state index contributed by atoms with van der Waals surface area (Å²) < 4.78 is 0. The van der Waals surface area contributed by atoms with E-state index in [9.17, 15) is 9.59 Å². The van der Waals surface area contributed by atoms with Crippen molar-refractivity contribution in [3.63, 3.8) is 0 Å². The molecule has 0 aliphatic heterocycles. The van der Waals surface area contributed by atoms with Crippen LogP contribution >= 0.6 is 0 Å². The fourth-order valence-electron chi connectivity index (χ4n) is 1.75. The zero-order chi connectivity index (χ0) is 13.0. The summed E-state index contributed by atoms with van der Waals surface area (Å²) in [6, 6.07) is 6.79. The Balaban J connectivity index is 2.09. The Morgan fingerprint density at radius 2 is 2.22 bits per heavy atom. The first kappa shape index (κ1) is 12.1. The Labute approximate surface area is 103 Å². The molecule has 1 atom stereocenters. The van der Waals surface area contributed by atoms with Gasteiger partial charge < -0.3 is 10.7 Å². The van der Waals surface area contributed by atoms with E-state index in [0.29, 0.717) is 6.42 Å². The second-order valence-electron chi connectivity index (χ2n) is 3.76. The van der Waals surface area contributed by atoms with Gasteiger partial charge in [-0.05, 0) is 11.6 Å². The van der Waals surface area contributed by atoms with Crippen LogP contribution < -0.4 is 5.73 Å². The number of nitrogens with one attached hydrogen (secondary N) is 1. The number of carbonyl (C=O) groups excluding carboxylic acids is 2. The molecular weight excluding hydrogens is 236 g/mol. The van der Waals surface area contributed by atoms with Crippen molar-refractivity contribution < 1.29 is 19.4 Å². The van der Waals surface area contributed by atoms with E-state index in [0.717, 1.165) is 16.5 Å². The van der Waals surface area contributed by atoms with Crippen LogP contribution in [0.2, 0.25) is 0 Å². The number of benzene rings is 1. The SMILES string of the molecule is NC(Cc1c[nH]c2ccccc12)C(=O)OOC=O. The van der Waals surface area contributed by atoms with Gasteiger partial charge in [0.05, 0.1) is 0 Å². The van der Waals surface area contributed by atoms with Crippen LogP contribution in [0.3, 0.4) is 0 Å². The number of aromatic amines is 1. The fourth-order valence-corrected chi connectivity index (χ4v) is 1.75. The molecule has 1 aromatic carbocycles. The number of rotatable bonds is 5. The number of nitrogens with two attached hydrogens (primary N) is 1. The number of H-pyrrole nitrogens is 1. The maximum Gasteiger partial charge on any atom is 0.372 e. The number of carbonyl (C=O) groups is 2. The fraction of sp³-hybridized carbons (Fsp3) is 0.167. The summed E-state index contributed by atoms with van der Waals surface area (Å²) in [5.74, 6) is -0.785. The van der Waals surface area contributed by atoms with E-state index in [1.165, 1.54) is 0 Å². The lowest BCUT2D eigenvalue weighted by molar-refractivity contribution is -0.249. The molecule has 6 heteroatoms. The lowest BCUT2D eigenvalue weighted by Crippen LogP contribution is -2.34. The Bertz CT molecular complexity index is 564. The summed E-state index contributed by atoms with van der Waals surface area (Å²) in [6.07, 6.45) is 2.09. The van der Waals surface area contributed by atoms with Gasteiger partial charge in [0, 0.05) is 23.5 Å². The van der Waals surface area contributed by atoms with Crippen molar-refractivity contribution >= 4 is 23.3 Å². The van der Waals surface area contributed by atoms with Crippen LogP contribution in [-0.2, 0) is 25.8 Å². The van der Waals surface area contributed by atoms with Crippen LogP contribution in [-0.4, -0.2) is 23.5 Å². The van der Waals surface area contributed by atoms with Gasteiger partial charge in [-0.3, -0.25) is 9.68 Å². The smallest absolute Gasteiger partial charge is 0.361 e. The Morgan fingerprint density at radius 3 is 3.00 bits per heavy atom. The molecule has 1 heterocycles. The van der Waals surface area contributed by atoms with Gasteiger partial charge in [0.1, 0.15) is 6.04 Å². The van der Waals surface area contributed by atoms with Crippen molar-refractivity contribution in [1.29, 1.82) is 0 Å². The van der Waals surface area contributed by atoms with E-state index in [1.807, 2.05) is 24.3 Å². The van der Waals surface area contributed by atoms with Crippen molar-refractivity contribution in [1.82, 2.24) is 4.98 Å². The van der Waals surface area contributed by atoms with Crippen LogP contribution in [0, 0.1) is 0 Å². The summed E-state index contributed by atoms with van der Waals surface area (Å²) in [5, 5.41) is 0.997. The summed E-state index contributed by atoms with van der Waals surface area (Å²) in [6.45, 7) is 0.0241.